The molecule has 1 spiro atoms. The highest BCUT2D eigenvalue weighted by molar-refractivity contribution is 6.31. The molecular weight excluding hydrogens is 658 g/mol. The largest absolute Gasteiger partial charge is 0.465 e. The first kappa shape index (κ1) is 34.2. The number of anilines is 1. The number of amides is 1. The molecule has 2 N–H and O–H groups in total. The van der Waals surface area contributed by atoms with Gasteiger partial charge in [0.15, 0.2) is 0 Å². The second-order valence-electron chi connectivity index (χ2n) is 12.1. The molecule has 3 aromatic carbocycles. The average Bonchev–Trinajstić information content (AvgIpc) is 3.44. The smallest absolute Gasteiger partial charge is 0.338 e. The Bertz CT molecular complexity index is 1810. The van der Waals surface area contributed by atoms with Crippen molar-refractivity contribution in [2.75, 3.05) is 19.0 Å². The van der Waals surface area contributed by atoms with Gasteiger partial charge in [-0.25, -0.2) is 9.18 Å². The number of hydrogen-bond acceptors (Lipinski definition) is 9. The van der Waals surface area contributed by atoms with Crippen LogP contribution in [-0.4, -0.2) is 57.5 Å². The Balaban J connectivity index is 1.77. The highest BCUT2D eigenvalue weighted by Crippen LogP contribution is 2.59. The van der Waals surface area contributed by atoms with Gasteiger partial charge in [-0.05, 0) is 49.1 Å². The summed E-state index contributed by atoms with van der Waals surface area (Å²) >= 11 is 12.4. The number of hydrogen-bond donors (Lipinski definition) is 2. The Hall–Kier alpha value is -4.17. The lowest BCUT2D eigenvalue weighted by molar-refractivity contribution is -0.528. The number of halogens is 3. The van der Waals surface area contributed by atoms with Gasteiger partial charge in [-0.2, -0.15) is 0 Å². The predicted molar refractivity (Wildman–Crippen MR) is 171 cm³/mol. The zero-order valence-corrected chi connectivity index (χ0v) is 27.2. The van der Waals surface area contributed by atoms with Crippen LogP contribution in [0.2, 0.25) is 10.0 Å². The molecule has 1 fully saturated rings. The van der Waals surface area contributed by atoms with Crippen molar-refractivity contribution in [1.82, 2.24) is 4.90 Å². The van der Waals surface area contributed by atoms with Crippen LogP contribution >= 0.6 is 23.2 Å². The molecular formula is C32H31Cl2FN4O8. The number of nitro groups is 2. The monoisotopic (exact) mass is 688 g/mol. The van der Waals surface area contributed by atoms with Crippen molar-refractivity contribution in [3.05, 3.63) is 112 Å². The number of ether oxygens (including phenoxy) is 1. The fourth-order valence-corrected chi connectivity index (χ4v) is 7.53. The SMILES string of the molecule is COC(=O)c1cc([N+](=O)[O-])c(C(O)C[C@H]2[C@@H]([N+](=O)[O-])[C@H](c3cccc(Cl)c3F)[C@]3(C(=O)Nc4cc(Cl)ccc43)N2CC(C)C)cc1C. The standard InChI is InChI=1S/C32H31Cl2FN4O8/c1-15(2)14-37-25(13-26(40)20-10-16(3)19(30(41)47-4)12-24(20)38(43)44)29(39(45)46)27(18-6-5-7-22(34)28(18)35)32(37)21-9-8-17(33)11-23(21)36-31(32)42/h5-12,15,25-27,29,40H,13-14H2,1-4H3,(H,36,42)/t25-,26?,27-,29+,32+/m0/s1. The normalized spacial score (nSPS) is 22.7. The van der Waals surface area contributed by atoms with Crippen LogP contribution in [0, 0.1) is 38.9 Å². The number of rotatable bonds is 9. The number of nitrogens with zero attached hydrogens (tertiary/aromatic N) is 3. The summed E-state index contributed by atoms with van der Waals surface area (Å²) in [6.07, 6.45) is -2.15. The molecule has 0 aromatic heterocycles. The molecule has 15 heteroatoms. The highest BCUT2D eigenvalue weighted by atomic mass is 35.5. The minimum atomic E-state index is -1.87. The molecule has 5 atom stereocenters. The summed E-state index contributed by atoms with van der Waals surface area (Å²) in [5.74, 6) is -4.07. The number of likely N-dealkylation sites (tertiary alicyclic amines) is 1. The van der Waals surface area contributed by atoms with E-state index in [0.717, 1.165) is 13.2 Å². The molecule has 0 radical (unpaired) electrons. The first-order chi connectivity index (χ1) is 22.1. The highest BCUT2D eigenvalue weighted by Gasteiger charge is 2.71. The third-order valence-corrected chi connectivity index (χ3v) is 9.47. The van der Waals surface area contributed by atoms with Gasteiger partial charge < -0.3 is 15.2 Å². The van der Waals surface area contributed by atoms with E-state index in [0.29, 0.717) is 5.56 Å². The van der Waals surface area contributed by atoms with E-state index in [2.05, 4.69) is 5.32 Å². The van der Waals surface area contributed by atoms with E-state index in [4.69, 9.17) is 27.9 Å². The molecule has 0 saturated carbocycles. The first-order valence-corrected chi connectivity index (χ1v) is 15.4. The number of esters is 1. The zero-order chi connectivity index (χ0) is 34.5. The van der Waals surface area contributed by atoms with Gasteiger partial charge in [-0.15, -0.1) is 0 Å². The number of carbonyl (C=O) groups is 2. The van der Waals surface area contributed by atoms with Crippen molar-refractivity contribution in [3.63, 3.8) is 0 Å². The van der Waals surface area contributed by atoms with E-state index in [9.17, 15) is 34.9 Å². The van der Waals surface area contributed by atoms with Crippen LogP contribution in [0.5, 0.6) is 0 Å². The number of benzene rings is 3. The number of fused-ring (bicyclic) bond motifs is 2. The molecule has 47 heavy (non-hydrogen) atoms. The topological polar surface area (TPSA) is 165 Å². The molecule has 1 unspecified atom stereocenters. The Morgan fingerprint density at radius 1 is 1.17 bits per heavy atom. The summed E-state index contributed by atoms with van der Waals surface area (Å²) in [5.41, 5.74) is -2.04. The van der Waals surface area contributed by atoms with E-state index in [1.807, 2.05) is 13.8 Å². The van der Waals surface area contributed by atoms with Crippen LogP contribution in [0.1, 0.15) is 64.9 Å². The quantitative estimate of drug-likeness (QED) is 0.152. The summed E-state index contributed by atoms with van der Waals surface area (Å²) in [6.45, 7) is 5.26. The summed E-state index contributed by atoms with van der Waals surface area (Å²) in [5, 5.41) is 39.8. The molecule has 2 heterocycles. The van der Waals surface area contributed by atoms with Gasteiger partial charge in [0.1, 0.15) is 11.4 Å². The van der Waals surface area contributed by atoms with Gasteiger partial charge >= 0.3 is 5.97 Å². The van der Waals surface area contributed by atoms with E-state index in [1.54, 1.807) is 11.0 Å². The minimum absolute atomic E-state index is 0.0816. The number of aliphatic hydroxyl groups is 1. The fourth-order valence-electron chi connectivity index (χ4n) is 7.18. The first-order valence-electron chi connectivity index (χ1n) is 14.7. The summed E-state index contributed by atoms with van der Waals surface area (Å²) in [6, 6.07) is 7.94. The second-order valence-corrected chi connectivity index (χ2v) is 13.0. The molecule has 3 aromatic rings. The average molecular weight is 690 g/mol. The van der Waals surface area contributed by atoms with Crippen LogP contribution in [0.4, 0.5) is 15.8 Å². The van der Waals surface area contributed by atoms with Crippen molar-refractivity contribution in [2.45, 2.75) is 56.8 Å². The van der Waals surface area contributed by atoms with Crippen molar-refractivity contribution in [2.24, 2.45) is 5.92 Å². The summed E-state index contributed by atoms with van der Waals surface area (Å²) in [7, 11) is 1.12. The summed E-state index contributed by atoms with van der Waals surface area (Å²) in [4.78, 5) is 52.2. The van der Waals surface area contributed by atoms with Gasteiger partial charge in [0.05, 0.1) is 46.2 Å². The van der Waals surface area contributed by atoms with Crippen molar-refractivity contribution >= 4 is 46.5 Å². The van der Waals surface area contributed by atoms with Crippen molar-refractivity contribution in [3.8, 4) is 0 Å². The van der Waals surface area contributed by atoms with Crippen molar-refractivity contribution < 1.29 is 33.7 Å². The number of nitro benzene ring substituents is 1. The molecule has 2 aliphatic heterocycles. The minimum Gasteiger partial charge on any atom is -0.465 e. The molecule has 5 rings (SSSR count). The molecule has 0 aliphatic carbocycles. The Morgan fingerprint density at radius 3 is 2.49 bits per heavy atom. The van der Waals surface area contributed by atoms with Crippen LogP contribution in [-0.2, 0) is 15.1 Å². The van der Waals surface area contributed by atoms with E-state index < -0.39 is 69.3 Å². The Kier molecular flexibility index (Phi) is 9.30. The fraction of sp³-hybridized carbons (Fsp3) is 0.375. The van der Waals surface area contributed by atoms with Gasteiger partial charge in [0.2, 0.25) is 6.04 Å². The van der Waals surface area contributed by atoms with Gasteiger partial charge in [-0.1, -0.05) is 55.2 Å². The number of aryl methyl sites for hydroxylation is 1. The van der Waals surface area contributed by atoms with Gasteiger partial charge in [-0.3, -0.25) is 29.9 Å². The maximum atomic E-state index is 16.0. The maximum absolute atomic E-state index is 16.0. The number of aliphatic hydroxyl groups excluding tert-OH is 1. The molecule has 1 amide bonds. The second kappa shape index (κ2) is 12.8. The van der Waals surface area contributed by atoms with Crippen LogP contribution < -0.4 is 5.32 Å². The van der Waals surface area contributed by atoms with Crippen LogP contribution in [0.15, 0.2) is 48.5 Å². The molecule has 12 nitrogen and oxygen atoms in total. The number of carbonyl (C=O) groups excluding carboxylic acids is 2. The summed E-state index contributed by atoms with van der Waals surface area (Å²) < 4.78 is 20.7. The maximum Gasteiger partial charge on any atom is 0.338 e. The molecule has 2 aliphatic rings. The predicted octanol–water partition coefficient (Wildman–Crippen LogP) is 6.18. The van der Waals surface area contributed by atoms with Crippen LogP contribution in [0.3, 0.4) is 0 Å². The van der Waals surface area contributed by atoms with Crippen molar-refractivity contribution in [1.29, 1.82) is 0 Å². The third-order valence-electron chi connectivity index (χ3n) is 8.95. The zero-order valence-electron chi connectivity index (χ0n) is 25.7. The van der Waals surface area contributed by atoms with Crippen LogP contribution in [0.25, 0.3) is 0 Å². The van der Waals surface area contributed by atoms with E-state index >= 15 is 4.39 Å². The molecule has 1 saturated heterocycles. The van der Waals surface area contributed by atoms with Gasteiger partial charge in [0.25, 0.3) is 11.6 Å². The van der Waals surface area contributed by atoms with Gasteiger partial charge in [0, 0.05) is 39.4 Å². The van der Waals surface area contributed by atoms with E-state index in [-0.39, 0.29) is 50.4 Å². The number of methoxy groups -OCH3 is 1. The Labute approximate surface area is 278 Å². The number of nitrogens with one attached hydrogen (secondary N) is 1. The van der Waals surface area contributed by atoms with E-state index in [1.165, 1.54) is 43.3 Å². The lowest BCUT2D eigenvalue weighted by Gasteiger charge is -2.40. The Morgan fingerprint density at radius 2 is 1.87 bits per heavy atom. The third kappa shape index (κ3) is 5.60. The molecule has 0 bridgehead atoms. The lowest BCUT2D eigenvalue weighted by Crippen LogP contribution is -2.53. The lowest BCUT2D eigenvalue weighted by atomic mass is 9.73. The molecule has 248 valence electrons.